The monoisotopic (exact) mass is 488 g/mol. The van der Waals surface area contributed by atoms with Crippen molar-refractivity contribution in [2.45, 2.75) is 25.6 Å². The second kappa shape index (κ2) is 10.3. The number of hydrogen-bond acceptors (Lipinski definition) is 9. The Morgan fingerprint density at radius 2 is 1.97 bits per heavy atom. The van der Waals surface area contributed by atoms with E-state index in [1.165, 1.54) is 0 Å². The standard InChI is InChI=1S/C26H29FN8O/c1-18-9-12-34(22-15-21(31-32-26(22)28)20-5-2-3-6-23(20)36)13-14-35(18)25-8-10-29-24(30-25)7-4-11-33-16-19(27)17-33/h2-3,5-6,8,10,15,18-19,36H,9,11-14,16-17H2,1H3,(H2,28,32). The fourth-order valence-corrected chi connectivity index (χ4v) is 4.54. The Balaban J connectivity index is 1.31. The highest BCUT2D eigenvalue weighted by Crippen LogP contribution is 2.32. The number of rotatable bonds is 4. The van der Waals surface area contributed by atoms with Gasteiger partial charge in [0.15, 0.2) is 5.82 Å². The van der Waals surface area contributed by atoms with Crippen molar-refractivity contribution in [3.8, 4) is 28.8 Å². The summed E-state index contributed by atoms with van der Waals surface area (Å²) in [6.45, 7) is 5.82. The van der Waals surface area contributed by atoms with Crippen LogP contribution in [0.3, 0.4) is 0 Å². The Morgan fingerprint density at radius 1 is 1.14 bits per heavy atom. The number of benzene rings is 1. The second-order valence-electron chi connectivity index (χ2n) is 9.17. The minimum Gasteiger partial charge on any atom is -0.507 e. The van der Waals surface area contributed by atoms with E-state index in [1.807, 2.05) is 29.2 Å². The Hall–Kier alpha value is -3.97. The highest BCUT2D eigenvalue weighted by atomic mass is 19.1. The normalized spacial score (nSPS) is 18.8. The van der Waals surface area contributed by atoms with Crippen LogP contribution < -0.4 is 15.5 Å². The van der Waals surface area contributed by atoms with E-state index in [-0.39, 0.29) is 11.8 Å². The maximum Gasteiger partial charge on any atom is 0.206 e. The van der Waals surface area contributed by atoms with Gasteiger partial charge in [-0.1, -0.05) is 18.1 Å². The van der Waals surface area contributed by atoms with Crippen molar-refractivity contribution in [1.82, 2.24) is 25.1 Å². The van der Waals surface area contributed by atoms with E-state index in [4.69, 9.17) is 5.73 Å². The number of phenolic OH excluding ortho intramolecular Hbond substituents is 1. The van der Waals surface area contributed by atoms with E-state index in [1.54, 1.807) is 18.3 Å². The van der Waals surface area contributed by atoms with Crippen molar-refractivity contribution in [3.05, 3.63) is 48.4 Å². The summed E-state index contributed by atoms with van der Waals surface area (Å²) in [6.07, 6.45) is 1.88. The van der Waals surface area contributed by atoms with Gasteiger partial charge in [0.2, 0.25) is 5.82 Å². The van der Waals surface area contributed by atoms with E-state index < -0.39 is 6.17 Å². The Morgan fingerprint density at radius 3 is 2.78 bits per heavy atom. The van der Waals surface area contributed by atoms with Crippen LogP contribution in [0.5, 0.6) is 5.75 Å². The number of nitrogens with zero attached hydrogens (tertiary/aromatic N) is 7. The van der Waals surface area contributed by atoms with Gasteiger partial charge < -0.3 is 20.6 Å². The number of aromatic hydroxyl groups is 1. The van der Waals surface area contributed by atoms with Crippen molar-refractivity contribution < 1.29 is 9.50 Å². The van der Waals surface area contributed by atoms with Gasteiger partial charge in [0, 0.05) is 50.5 Å². The van der Waals surface area contributed by atoms with Crippen LogP contribution >= 0.6 is 0 Å². The quantitative estimate of drug-likeness (QED) is 0.535. The third kappa shape index (κ3) is 5.16. The molecule has 0 spiro atoms. The van der Waals surface area contributed by atoms with Crippen LogP contribution in [0, 0.1) is 11.8 Å². The minimum atomic E-state index is -0.731. The van der Waals surface area contributed by atoms with Crippen LogP contribution in [0.1, 0.15) is 19.2 Å². The number of para-hydroxylation sites is 1. The number of anilines is 3. The van der Waals surface area contributed by atoms with Gasteiger partial charge in [-0.3, -0.25) is 4.90 Å². The zero-order valence-corrected chi connectivity index (χ0v) is 20.2. The van der Waals surface area contributed by atoms with Crippen molar-refractivity contribution >= 4 is 17.3 Å². The molecule has 1 unspecified atom stereocenters. The first-order valence-corrected chi connectivity index (χ1v) is 12.1. The summed E-state index contributed by atoms with van der Waals surface area (Å²) in [5.41, 5.74) is 8.21. The summed E-state index contributed by atoms with van der Waals surface area (Å²) < 4.78 is 13.0. The van der Waals surface area contributed by atoms with Gasteiger partial charge in [0.1, 0.15) is 17.7 Å². The van der Waals surface area contributed by atoms with Crippen molar-refractivity contribution in [1.29, 1.82) is 0 Å². The third-order valence-electron chi connectivity index (χ3n) is 6.63. The molecular formula is C26H29FN8O. The van der Waals surface area contributed by atoms with E-state index in [0.29, 0.717) is 49.1 Å². The number of likely N-dealkylation sites (tertiary alicyclic amines) is 1. The molecule has 3 aromatic rings. The van der Waals surface area contributed by atoms with E-state index in [2.05, 4.69) is 48.7 Å². The zero-order chi connectivity index (χ0) is 25.1. The number of nitrogen functional groups attached to an aromatic ring is 1. The highest BCUT2D eigenvalue weighted by molar-refractivity contribution is 5.74. The predicted molar refractivity (Wildman–Crippen MR) is 137 cm³/mol. The van der Waals surface area contributed by atoms with Crippen LogP contribution in [0.15, 0.2) is 42.6 Å². The number of halogens is 1. The Kier molecular flexibility index (Phi) is 6.82. The highest BCUT2D eigenvalue weighted by Gasteiger charge is 2.25. The third-order valence-corrected chi connectivity index (χ3v) is 6.63. The number of alkyl halides is 1. The van der Waals surface area contributed by atoms with Crippen molar-refractivity contribution in [2.75, 3.05) is 54.8 Å². The smallest absolute Gasteiger partial charge is 0.206 e. The molecule has 10 heteroatoms. The lowest BCUT2D eigenvalue weighted by Crippen LogP contribution is -2.48. The molecule has 0 bridgehead atoms. The molecule has 2 fully saturated rings. The molecule has 9 nitrogen and oxygen atoms in total. The first kappa shape index (κ1) is 23.8. The van der Waals surface area contributed by atoms with Crippen molar-refractivity contribution in [2.24, 2.45) is 0 Å². The summed E-state index contributed by atoms with van der Waals surface area (Å²) in [6, 6.07) is 11.1. The number of aromatic nitrogens is 4. The molecule has 0 radical (unpaired) electrons. The first-order chi connectivity index (χ1) is 17.5. The lowest BCUT2D eigenvalue weighted by Gasteiger charge is -2.32. The SMILES string of the molecule is CC1CCN(c2cc(-c3ccccc3O)nnc2N)CCN1c1ccnc(C#CCN2CC(F)C2)n1. The van der Waals surface area contributed by atoms with Gasteiger partial charge in [-0.2, -0.15) is 0 Å². The minimum absolute atomic E-state index is 0.150. The predicted octanol–water partition coefficient (Wildman–Crippen LogP) is 2.33. The van der Waals surface area contributed by atoms with Gasteiger partial charge in [-0.25, -0.2) is 14.4 Å². The Labute approximate surface area is 209 Å². The fraction of sp³-hybridized carbons (Fsp3) is 0.385. The van der Waals surface area contributed by atoms with Gasteiger partial charge in [-0.05, 0) is 43.5 Å². The average molecular weight is 489 g/mol. The van der Waals surface area contributed by atoms with Crippen LogP contribution in [0.25, 0.3) is 11.3 Å². The molecule has 1 aromatic carbocycles. The lowest BCUT2D eigenvalue weighted by molar-refractivity contribution is 0.0791. The lowest BCUT2D eigenvalue weighted by atomic mass is 10.1. The molecule has 36 heavy (non-hydrogen) atoms. The molecule has 0 amide bonds. The summed E-state index contributed by atoms with van der Waals surface area (Å²) in [7, 11) is 0. The summed E-state index contributed by atoms with van der Waals surface area (Å²) >= 11 is 0. The zero-order valence-electron chi connectivity index (χ0n) is 20.2. The molecule has 2 aliphatic rings. The van der Waals surface area contributed by atoms with Crippen molar-refractivity contribution in [3.63, 3.8) is 0 Å². The largest absolute Gasteiger partial charge is 0.507 e. The summed E-state index contributed by atoms with van der Waals surface area (Å²) in [5, 5.41) is 18.6. The molecule has 2 saturated heterocycles. The molecule has 0 saturated carbocycles. The van der Waals surface area contributed by atoms with Crippen LogP contribution in [0.2, 0.25) is 0 Å². The molecule has 0 aliphatic carbocycles. The maximum atomic E-state index is 13.0. The van der Waals surface area contributed by atoms with E-state index in [0.717, 1.165) is 31.0 Å². The fourth-order valence-electron chi connectivity index (χ4n) is 4.54. The second-order valence-corrected chi connectivity index (χ2v) is 9.17. The number of hydrogen-bond donors (Lipinski definition) is 2. The molecule has 4 heterocycles. The van der Waals surface area contributed by atoms with Crippen LogP contribution in [-0.4, -0.2) is 81.7 Å². The molecule has 2 aliphatic heterocycles. The summed E-state index contributed by atoms with van der Waals surface area (Å²) in [5.74, 6) is 7.86. The molecule has 1 atom stereocenters. The number of phenols is 1. The molecule has 2 aromatic heterocycles. The van der Waals surface area contributed by atoms with Gasteiger partial charge in [-0.15, -0.1) is 10.2 Å². The van der Waals surface area contributed by atoms with Crippen LogP contribution in [0.4, 0.5) is 21.7 Å². The van der Waals surface area contributed by atoms with Gasteiger partial charge in [0.05, 0.1) is 17.9 Å². The molecular weight excluding hydrogens is 459 g/mol. The molecule has 186 valence electrons. The topological polar surface area (TPSA) is 108 Å². The average Bonchev–Trinajstić information content (AvgIpc) is 3.05. The van der Waals surface area contributed by atoms with Gasteiger partial charge >= 0.3 is 0 Å². The van der Waals surface area contributed by atoms with Gasteiger partial charge in [0.25, 0.3) is 0 Å². The number of nitrogens with two attached hydrogens (primary N) is 1. The van der Waals surface area contributed by atoms with E-state index in [9.17, 15) is 9.50 Å². The first-order valence-electron chi connectivity index (χ1n) is 12.1. The molecule has 5 rings (SSSR count). The van der Waals surface area contributed by atoms with Crippen LogP contribution in [-0.2, 0) is 0 Å². The maximum absolute atomic E-state index is 13.0. The summed E-state index contributed by atoms with van der Waals surface area (Å²) in [4.78, 5) is 15.4. The van der Waals surface area contributed by atoms with E-state index >= 15 is 0 Å². The molecule has 3 N–H and O–H groups in total. The Bertz CT molecular complexity index is 1290.